The Labute approximate surface area is 176 Å². The summed E-state index contributed by atoms with van der Waals surface area (Å²) in [5, 5.41) is 0. The highest BCUT2D eigenvalue weighted by Gasteiger charge is 2.33. The molecule has 2 aliphatic heterocycles. The first kappa shape index (κ1) is 20.8. The summed E-state index contributed by atoms with van der Waals surface area (Å²) >= 11 is 1.66. The maximum absolute atomic E-state index is 12.6. The molecular formula is C21H25ClN2O3S. The summed E-state index contributed by atoms with van der Waals surface area (Å²) in [5.74, 6) is 2.71. The smallest absolute Gasteiger partial charge is 0.223 e. The Morgan fingerprint density at radius 2 is 1.82 bits per heavy atom. The third-order valence-electron chi connectivity index (χ3n) is 5.04. The summed E-state index contributed by atoms with van der Waals surface area (Å²) in [5.41, 5.74) is 7.51. The second-order valence-electron chi connectivity index (χ2n) is 6.88. The van der Waals surface area contributed by atoms with Gasteiger partial charge in [0, 0.05) is 42.1 Å². The molecule has 0 radical (unpaired) electrons. The fraction of sp³-hybridized carbons (Fsp3) is 0.381. The number of fused-ring (bicyclic) bond motifs is 1. The van der Waals surface area contributed by atoms with E-state index in [1.54, 1.807) is 11.8 Å². The van der Waals surface area contributed by atoms with E-state index in [2.05, 4.69) is 12.1 Å². The zero-order chi connectivity index (χ0) is 18.6. The van der Waals surface area contributed by atoms with Crippen molar-refractivity contribution in [1.82, 2.24) is 4.90 Å². The van der Waals surface area contributed by atoms with E-state index in [1.807, 2.05) is 41.3 Å². The second-order valence-corrected chi connectivity index (χ2v) is 8.05. The van der Waals surface area contributed by atoms with Crippen LogP contribution in [-0.2, 0) is 4.79 Å². The maximum Gasteiger partial charge on any atom is 0.223 e. The van der Waals surface area contributed by atoms with E-state index in [9.17, 15) is 4.79 Å². The van der Waals surface area contributed by atoms with Crippen molar-refractivity contribution < 1.29 is 14.3 Å². The number of thioether (sulfide) groups is 1. The molecule has 2 heterocycles. The average molecular weight is 421 g/mol. The normalized spacial score (nSPS) is 20.5. The van der Waals surface area contributed by atoms with Gasteiger partial charge in [0.25, 0.3) is 0 Å². The van der Waals surface area contributed by atoms with Crippen molar-refractivity contribution in [3.05, 3.63) is 54.1 Å². The molecule has 1 saturated heterocycles. The first-order chi connectivity index (χ1) is 13.2. The molecule has 2 aromatic carbocycles. The number of hydrogen-bond acceptors (Lipinski definition) is 5. The lowest BCUT2D eigenvalue weighted by molar-refractivity contribution is -0.129. The van der Waals surface area contributed by atoms with E-state index < -0.39 is 0 Å². The number of nitrogens with zero attached hydrogens (tertiary/aromatic N) is 1. The SMILES string of the molecule is Cl.N[C@@H]1CN(C(=O)CCSc2ccc3c(c2)OCCO3)C[C@H]1c1ccccc1. The van der Waals surface area contributed by atoms with Crippen LogP contribution in [0.1, 0.15) is 17.9 Å². The zero-order valence-electron chi connectivity index (χ0n) is 15.6. The molecule has 2 aromatic rings. The van der Waals surface area contributed by atoms with Gasteiger partial charge in [0.15, 0.2) is 11.5 Å². The van der Waals surface area contributed by atoms with Crippen LogP contribution >= 0.6 is 24.2 Å². The molecule has 4 rings (SSSR count). The van der Waals surface area contributed by atoms with Gasteiger partial charge in [-0.2, -0.15) is 0 Å². The van der Waals surface area contributed by atoms with Crippen LogP contribution in [0.3, 0.4) is 0 Å². The van der Waals surface area contributed by atoms with Crippen LogP contribution in [0.15, 0.2) is 53.4 Å². The van der Waals surface area contributed by atoms with E-state index in [4.69, 9.17) is 15.2 Å². The van der Waals surface area contributed by atoms with E-state index in [1.165, 1.54) is 5.56 Å². The van der Waals surface area contributed by atoms with Crippen molar-refractivity contribution in [3.8, 4) is 11.5 Å². The van der Waals surface area contributed by atoms with Gasteiger partial charge in [-0.25, -0.2) is 0 Å². The number of rotatable bonds is 5. The molecule has 7 heteroatoms. The number of carbonyl (C=O) groups excluding carboxylic acids is 1. The third kappa shape index (κ3) is 4.74. The number of benzene rings is 2. The molecule has 0 spiro atoms. The number of halogens is 1. The highest BCUT2D eigenvalue weighted by Crippen LogP contribution is 2.34. The number of likely N-dealkylation sites (tertiary alicyclic amines) is 1. The van der Waals surface area contributed by atoms with Gasteiger partial charge < -0.3 is 20.1 Å². The third-order valence-corrected chi connectivity index (χ3v) is 6.04. The first-order valence-corrected chi connectivity index (χ1v) is 10.3. The zero-order valence-corrected chi connectivity index (χ0v) is 17.2. The lowest BCUT2D eigenvalue weighted by Crippen LogP contribution is -2.32. The Bertz CT molecular complexity index is 805. The minimum absolute atomic E-state index is 0. The fourth-order valence-electron chi connectivity index (χ4n) is 3.61. The van der Waals surface area contributed by atoms with Crippen LogP contribution in [0.2, 0.25) is 0 Å². The predicted molar refractivity (Wildman–Crippen MR) is 114 cm³/mol. The molecule has 0 saturated carbocycles. The molecule has 2 N–H and O–H groups in total. The van der Waals surface area contributed by atoms with Gasteiger partial charge in [0.2, 0.25) is 5.91 Å². The summed E-state index contributed by atoms with van der Waals surface area (Å²) in [6.45, 7) is 2.51. The Hall–Kier alpha value is -1.89. The van der Waals surface area contributed by atoms with Gasteiger partial charge >= 0.3 is 0 Å². The summed E-state index contributed by atoms with van der Waals surface area (Å²) < 4.78 is 11.1. The fourth-order valence-corrected chi connectivity index (χ4v) is 4.48. The lowest BCUT2D eigenvalue weighted by Gasteiger charge is -2.19. The predicted octanol–water partition coefficient (Wildman–Crippen LogP) is 3.32. The Kier molecular flexibility index (Phi) is 7.10. The van der Waals surface area contributed by atoms with Gasteiger partial charge in [-0.15, -0.1) is 24.2 Å². The van der Waals surface area contributed by atoms with Gasteiger partial charge in [0.05, 0.1) is 0 Å². The summed E-state index contributed by atoms with van der Waals surface area (Å²) in [4.78, 5) is 15.6. The number of ether oxygens (including phenoxy) is 2. The molecule has 0 unspecified atom stereocenters. The highest BCUT2D eigenvalue weighted by atomic mass is 35.5. The van der Waals surface area contributed by atoms with Gasteiger partial charge in [-0.1, -0.05) is 30.3 Å². The number of nitrogens with two attached hydrogens (primary N) is 1. The van der Waals surface area contributed by atoms with E-state index in [0.29, 0.717) is 32.7 Å². The molecule has 0 aliphatic carbocycles. The quantitative estimate of drug-likeness (QED) is 0.752. The maximum atomic E-state index is 12.6. The van der Waals surface area contributed by atoms with Crippen LogP contribution in [-0.4, -0.2) is 48.9 Å². The first-order valence-electron chi connectivity index (χ1n) is 9.31. The van der Waals surface area contributed by atoms with Gasteiger partial charge in [-0.05, 0) is 23.8 Å². The number of amides is 1. The van der Waals surface area contributed by atoms with Crippen LogP contribution in [0.25, 0.3) is 0 Å². The van der Waals surface area contributed by atoms with Crippen molar-refractivity contribution in [3.63, 3.8) is 0 Å². The van der Waals surface area contributed by atoms with Crippen molar-refractivity contribution in [2.24, 2.45) is 5.73 Å². The molecule has 2 atom stereocenters. The standard InChI is InChI=1S/C21H24N2O3S.ClH/c22-18-14-23(13-17(18)15-4-2-1-3-5-15)21(24)8-11-27-16-6-7-19-20(12-16)26-10-9-25-19;/h1-7,12,17-18H,8-11,13-14,22H2;1H/t17-,18+;/m0./s1. The minimum Gasteiger partial charge on any atom is -0.486 e. The van der Waals surface area contributed by atoms with Gasteiger partial charge in [-0.3, -0.25) is 4.79 Å². The molecule has 1 amide bonds. The molecule has 28 heavy (non-hydrogen) atoms. The summed E-state index contributed by atoms with van der Waals surface area (Å²) in [6, 6.07) is 16.2. The van der Waals surface area contributed by atoms with E-state index >= 15 is 0 Å². The average Bonchev–Trinajstić information content (AvgIpc) is 3.10. The van der Waals surface area contributed by atoms with E-state index in [-0.39, 0.29) is 30.3 Å². The summed E-state index contributed by atoms with van der Waals surface area (Å²) in [6.07, 6.45) is 0.507. The number of carbonyl (C=O) groups is 1. The summed E-state index contributed by atoms with van der Waals surface area (Å²) in [7, 11) is 0. The highest BCUT2D eigenvalue weighted by molar-refractivity contribution is 7.99. The topological polar surface area (TPSA) is 64.8 Å². The molecule has 0 bridgehead atoms. The Balaban J connectivity index is 0.00000225. The van der Waals surface area contributed by atoms with Crippen LogP contribution < -0.4 is 15.2 Å². The number of hydrogen-bond donors (Lipinski definition) is 1. The molecule has 150 valence electrons. The Morgan fingerprint density at radius 3 is 2.61 bits per heavy atom. The molecule has 1 fully saturated rings. The molecule has 0 aromatic heterocycles. The lowest BCUT2D eigenvalue weighted by atomic mass is 9.95. The minimum atomic E-state index is 0. The van der Waals surface area contributed by atoms with Crippen LogP contribution in [0.5, 0.6) is 11.5 Å². The molecular weight excluding hydrogens is 396 g/mol. The van der Waals surface area contributed by atoms with Crippen molar-refractivity contribution in [2.75, 3.05) is 32.1 Å². The Morgan fingerprint density at radius 1 is 1.07 bits per heavy atom. The largest absolute Gasteiger partial charge is 0.486 e. The van der Waals surface area contributed by atoms with Crippen LogP contribution in [0, 0.1) is 0 Å². The second kappa shape index (κ2) is 9.54. The van der Waals surface area contributed by atoms with Crippen molar-refractivity contribution in [1.29, 1.82) is 0 Å². The van der Waals surface area contributed by atoms with Crippen molar-refractivity contribution in [2.45, 2.75) is 23.3 Å². The van der Waals surface area contributed by atoms with Crippen molar-refractivity contribution >= 4 is 30.1 Å². The van der Waals surface area contributed by atoms with Crippen LogP contribution in [0.4, 0.5) is 0 Å². The monoisotopic (exact) mass is 420 g/mol. The molecule has 5 nitrogen and oxygen atoms in total. The molecule has 2 aliphatic rings. The van der Waals surface area contributed by atoms with E-state index in [0.717, 1.165) is 22.1 Å². The van der Waals surface area contributed by atoms with Gasteiger partial charge in [0.1, 0.15) is 13.2 Å².